The number of amides is 1. The van der Waals surface area contributed by atoms with Gasteiger partial charge in [-0.2, -0.15) is 4.31 Å². The van der Waals surface area contributed by atoms with Crippen molar-refractivity contribution >= 4 is 15.9 Å². The van der Waals surface area contributed by atoms with E-state index < -0.39 is 10.0 Å². The second-order valence-corrected chi connectivity index (χ2v) is 7.90. The highest BCUT2D eigenvalue weighted by molar-refractivity contribution is 7.89. The standard InChI is InChI=1S/C16H25N3O3S/c1-13(11-17)16(20)18-12-14-5-7-15(8-6-14)23(21,22)19-9-3-2-4-10-19/h5-8,13H,2-4,9-12,17H2,1H3,(H,18,20). The second-order valence-electron chi connectivity index (χ2n) is 5.96. The van der Waals surface area contributed by atoms with Crippen molar-refractivity contribution in [1.82, 2.24) is 9.62 Å². The van der Waals surface area contributed by atoms with Crippen molar-refractivity contribution in [2.45, 2.75) is 37.6 Å². The Morgan fingerprint density at radius 3 is 2.39 bits per heavy atom. The number of rotatable bonds is 6. The number of benzene rings is 1. The van der Waals surface area contributed by atoms with E-state index in [0.717, 1.165) is 24.8 Å². The van der Waals surface area contributed by atoms with E-state index in [2.05, 4.69) is 5.32 Å². The van der Waals surface area contributed by atoms with Crippen LogP contribution < -0.4 is 11.1 Å². The minimum Gasteiger partial charge on any atom is -0.352 e. The van der Waals surface area contributed by atoms with Crippen LogP contribution in [0.1, 0.15) is 31.7 Å². The minimum atomic E-state index is -3.40. The molecule has 1 aromatic rings. The third-order valence-corrected chi connectivity index (χ3v) is 6.06. The van der Waals surface area contributed by atoms with Gasteiger partial charge >= 0.3 is 0 Å². The molecule has 7 heteroatoms. The van der Waals surface area contributed by atoms with Gasteiger partial charge in [0.05, 0.1) is 4.90 Å². The molecule has 3 N–H and O–H groups in total. The summed E-state index contributed by atoms with van der Waals surface area (Å²) in [5.74, 6) is -0.328. The van der Waals surface area contributed by atoms with E-state index in [1.165, 1.54) is 0 Å². The number of sulfonamides is 1. The number of nitrogens with one attached hydrogen (secondary N) is 1. The second kappa shape index (κ2) is 7.90. The van der Waals surface area contributed by atoms with Gasteiger partial charge in [-0.3, -0.25) is 4.79 Å². The summed E-state index contributed by atoms with van der Waals surface area (Å²) in [4.78, 5) is 12.0. The number of nitrogens with zero attached hydrogens (tertiary/aromatic N) is 1. The molecule has 1 saturated heterocycles. The lowest BCUT2D eigenvalue weighted by atomic mass is 10.1. The van der Waals surface area contributed by atoms with Crippen LogP contribution in [0.25, 0.3) is 0 Å². The lowest BCUT2D eigenvalue weighted by Gasteiger charge is -2.25. The molecule has 23 heavy (non-hydrogen) atoms. The molecule has 1 fully saturated rings. The quantitative estimate of drug-likeness (QED) is 0.811. The van der Waals surface area contributed by atoms with Crippen LogP contribution in [0, 0.1) is 5.92 Å². The number of carbonyl (C=O) groups is 1. The fourth-order valence-electron chi connectivity index (χ4n) is 2.50. The number of piperidine rings is 1. The lowest BCUT2D eigenvalue weighted by molar-refractivity contribution is -0.124. The highest BCUT2D eigenvalue weighted by Crippen LogP contribution is 2.20. The molecule has 0 aliphatic carbocycles. The zero-order valence-corrected chi connectivity index (χ0v) is 14.3. The molecular weight excluding hydrogens is 314 g/mol. The van der Waals surface area contributed by atoms with Crippen LogP contribution in [0.2, 0.25) is 0 Å². The first-order chi connectivity index (χ1) is 10.9. The van der Waals surface area contributed by atoms with E-state index in [1.54, 1.807) is 35.5 Å². The Bertz CT molecular complexity index is 622. The summed E-state index contributed by atoms with van der Waals surface area (Å²) in [5.41, 5.74) is 6.31. The summed E-state index contributed by atoms with van der Waals surface area (Å²) in [6.07, 6.45) is 2.93. The van der Waals surface area contributed by atoms with Crippen LogP contribution in [0.15, 0.2) is 29.2 Å². The smallest absolute Gasteiger partial charge is 0.243 e. The summed E-state index contributed by atoms with van der Waals surface area (Å²) >= 11 is 0. The first-order valence-electron chi connectivity index (χ1n) is 8.02. The van der Waals surface area contributed by atoms with Crippen LogP contribution in [0.5, 0.6) is 0 Å². The lowest BCUT2D eigenvalue weighted by Crippen LogP contribution is -2.35. The van der Waals surface area contributed by atoms with Gasteiger partial charge < -0.3 is 11.1 Å². The molecule has 2 rings (SSSR count). The maximum atomic E-state index is 12.5. The topological polar surface area (TPSA) is 92.5 Å². The van der Waals surface area contributed by atoms with Crippen LogP contribution in [0.4, 0.5) is 0 Å². The number of hydrogen-bond acceptors (Lipinski definition) is 4. The fraction of sp³-hybridized carbons (Fsp3) is 0.562. The molecule has 0 aromatic heterocycles. The van der Waals surface area contributed by atoms with Gasteiger partial charge in [0.2, 0.25) is 15.9 Å². The van der Waals surface area contributed by atoms with E-state index in [-0.39, 0.29) is 11.8 Å². The number of carbonyl (C=O) groups excluding carboxylic acids is 1. The Hall–Kier alpha value is -1.44. The Balaban J connectivity index is 2.00. The molecule has 0 radical (unpaired) electrons. The van der Waals surface area contributed by atoms with Gasteiger partial charge in [-0.1, -0.05) is 25.5 Å². The highest BCUT2D eigenvalue weighted by Gasteiger charge is 2.25. The Kier molecular flexibility index (Phi) is 6.15. The van der Waals surface area contributed by atoms with Gasteiger partial charge in [0.25, 0.3) is 0 Å². The molecular formula is C16H25N3O3S. The molecule has 1 aliphatic rings. The SMILES string of the molecule is CC(CN)C(=O)NCc1ccc(S(=O)(=O)N2CCCCC2)cc1. The normalized spacial score (nSPS) is 17.7. The van der Waals surface area contributed by atoms with E-state index in [1.807, 2.05) is 0 Å². The Labute approximate surface area is 138 Å². The Morgan fingerprint density at radius 1 is 1.22 bits per heavy atom. The number of hydrogen-bond donors (Lipinski definition) is 2. The van der Waals surface area contributed by atoms with Crippen molar-refractivity contribution in [2.75, 3.05) is 19.6 Å². The van der Waals surface area contributed by atoms with Crippen LogP contribution >= 0.6 is 0 Å². The molecule has 6 nitrogen and oxygen atoms in total. The van der Waals surface area contributed by atoms with Crippen molar-refractivity contribution in [3.63, 3.8) is 0 Å². The van der Waals surface area contributed by atoms with Crippen LogP contribution in [0.3, 0.4) is 0 Å². The molecule has 1 unspecified atom stereocenters. The third kappa shape index (κ3) is 4.53. The highest BCUT2D eigenvalue weighted by atomic mass is 32.2. The van der Waals surface area contributed by atoms with Crippen molar-refractivity contribution in [1.29, 1.82) is 0 Å². The third-order valence-electron chi connectivity index (χ3n) is 4.14. The molecule has 1 heterocycles. The van der Waals surface area contributed by atoms with Crippen molar-refractivity contribution < 1.29 is 13.2 Å². The summed E-state index contributed by atoms with van der Waals surface area (Å²) < 4.78 is 26.6. The zero-order chi connectivity index (χ0) is 16.9. The van der Waals surface area contributed by atoms with Crippen LogP contribution in [-0.2, 0) is 21.4 Å². The summed E-state index contributed by atoms with van der Waals surface area (Å²) in [7, 11) is -3.40. The predicted molar refractivity (Wildman–Crippen MR) is 89.1 cm³/mol. The van der Waals surface area contributed by atoms with Gasteiger partial charge in [0.15, 0.2) is 0 Å². The van der Waals surface area contributed by atoms with E-state index in [4.69, 9.17) is 5.73 Å². The molecule has 1 amide bonds. The maximum Gasteiger partial charge on any atom is 0.243 e. The molecule has 0 saturated carbocycles. The van der Waals surface area contributed by atoms with Crippen LogP contribution in [-0.4, -0.2) is 38.3 Å². The molecule has 0 spiro atoms. The summed E-state index contributed by atoms with van der Waals surface area (Å²) in [5, 5.41) is 2.79. The molecule has 1 atom stereocenters. The largest absolute Gasteiger partial charge is 0.352 e. The summed E-state index contributed by atoms with van der Waals surface area (Å²) in [6, 6.07) is 6.70. The van der Waals surface area contributed by atoms with Gasteiger partial charge in [0.1, 0.15) is 0 Å². The molecule has 1 aromatic carbocycles. The molecule has 128 valence electrons. The average Bonchev–Trinajstić information content (AvgIpc) is 2.60. The predicted octanol–water partition coefficient (Wildman–Crippen LogP) is 1.07. The van der Waals surface area contributed by atoms with E-state index >= 15 is 0 Å². The van der Waals surface area contributed by atoms with E-state index in [9.17, 15) is 13.2 Å². The van der Waals surface area contributed by atoms with E-state index in [0.29, 0.717) is 31.1 Å². The average molecular weight is 339 g/mol. The Morgan fingerprint density at radius 2 is 1.83 bits per heavy atom. The first-order valence-corrected chi connectivity index (χ1v) is 9.46. The summed E-state index contributed by atoms with van der Waals surface area (Å²) in [6.45, 7) is 3.63. The first kappa shape index (κ1) is 17.9. The van der Waals surface area contributed by atoms with Gasteiger partial charge in [-0.05, 0) is 30.5 Å². The number of nitrogens with two attached hydrogens (primary N) is 1. The van der Waals surface area contributed by atoms with Crippen molar-refractivity contribution in [3.05, 3.63) is 29.8 Å². The van der Waals surface area contributed by atoms with Crippen molar-refractivity contribution in [3.8, 4) is 0 Å². The molecule has 1 aliphatic heterocycles. The fourth-order valence-corrected chi connectivity index (χ4v) is 4.02. The van der Waals surface area contributed by atoms with Crippen molar-refractivity contribution in [2.24, 2.45) is 11.7 Å². The maximum absolute atomic E-state index is 12.5. The van der Waals surface area contributed by atoms with Gasteiger partial charge in [-0.25, -0.2) is 8.42 Å². The minimum absolute atomic E-state index is 0.0995. The monoisotopic (exact) mass is 339 g/mol. The van der Waals surface area contributed by atoms with Gasteiger partial charge in [-0.15, -0.1) is 0 Å². The zero-order valence-electron chi connectivity index (χ0n) is 13.5. The van der Waals surface area contributed by atoms with Gasteiger partial charge in [0, 0.05) is 32.1 Å². The molecule has 0 bridgehead atoms.